The van der Waals surface area contributed by atoms with Gasteiger partial charge in [0.1, 0.15) is 23.7 Å². The first-order chi connectivity index (χ1) is 20.9. The number of nitrogens with one attached hydrogen (secondary N) is 1. The summed E-state index contributed by atoms with van der Waals surface area (Å²) in [5, 5.41) is 13.2. The molecule has 0 saturated heterocycles. The van der Waals surface area contributed by atoms with E-state index in [2.05, 4.69) is 15.3 Å². The normalized spacial score (nSPS) is 14.4. The smallest absolute Gasteiger partial charge is 0.323 e. The molecule has 2 aromatic carbocycles. The summed E-state index contributed by atoms with van der Waals surface area (Å²) in [6.45, 7) is 3.67. The number of nitrogens with zero attached hydrogens (tertiary/aromatic N) is 2. The zero-order valence-electron chi connectivity index (χ0n) is 25.2. The van der Waals surface area contributed by atoms with E-state index in [1.807, 2.05) is 0 Å². The molecule has 238 valence electrons. The van der Waals surface area contributed by atoms with Crippen molar-refractivity contribution >= 4 is 28.8 Å². The van der Waals surface area contributed by atoms with Gasteiger partial charge in [0.2, 0.25) is 5.91 Å². The predicted octanol–water partition coefficient (Wildman–Crippen LogP) is 2.52. The van der Waals surface area contributed by atoms with Crippen molar-refractivity contribution in [2.45, 2.75) is 82.6 Å². The third-order valence-electron chi connectivity index (χ3n) is 7.35. The van der Waals surface area contributed by atoms with Gasteiger partial charge in [-0.15, -0.1) is 0 Å². The molecule has 0 aliphatic rings. The van der Waals surface area contributed by atoms with E-state index in [-0.39, 0.29) is 31.4 Å². The largest absolute Gasteiger partial charge is 0.459 e. The Morgan fingerprint density at radius 3 is 2.45 bits per heavy atom. The fourth-order valence-corrected chi connectivity index (χ4v) is 4.84. The minimum absolute atomic E-state index is 0.0185. The van der Waals surface area contributed by atoms with Crippen molar-refractivity contribution in [2.75, 3.05) is 6.54 Å². The Bertz CT molecular complexity index is 1420. The number of aromatic nitrogens is 2. The Morgan fingerprint density at radius 1 is 1.07 bits per heavy atom. The van der Waals surface area contributed by atoms with E-state index in [0.717, 1.165) is 0 Å². The van der Waals surface area contributed by atoms with Crippen LogP contribution in [0, 0.1) is 11.7 Å². The SMILES string of the molecule is CC(C)(O)CC[C@H](C[C@H](OC(=O)[C@@H](N)CCCCN)[C@H](Cc1cccc(F)c1)NC(=O)c1cnc2ccccc2n1)C(N)=O. The number of unbranched alkanes of at least 4 members (excludes halogenated alkanes) is 1. The Labute approximate surface area is 256 Å². The van der Waals surface area contributed by atoms with E-state index in [4.69, 9.17) is 21.9 Å². The molecular weight excluding hydrogens is 567 g/mol. The second-order valence-corrected chi connectivity index (χ2v) is 11.7. The molecule has 44 heavy (non-hydrogen) atoms. The van der Waals surface area contributed by atoms with Gasteiger partial charge in [0.05, 0.1) is 28.9 Å². The predicted molar refractivity (Wildman–Crippen MR) is 164 cm³/mol. The van der Waals surface area contributed by atoms with Crippen LogP contribution in [0.1, 0.15) is 68.4 Å². The highest BCUT2D eigenvalue weighted by atomic mass is 19.1. The minimum atomic E-state index is -1.09. The molecule has 0 unspecified atom stereocenters. The molecule has 8 N–H and O–H groups in total. The number of halogens is 1. The number of amides is 2. The summed E-state index contributed by atoms with van der Waals surface area (Å²) in [6, 6.07) is 11.0. The number of para-hydroxylation sites is 2. The molecule has 4 atom stereocenters. The van der Waals surface area contributed by atoms with Crippen molar-refractivity contribution in [1.82, 2.24) is 15.3 Å². The van der Waals surface area contributed by atoms with Gasteiger partial charge in [0.25, 0.3) is 5.91 Å². The molecule has 0 radical (unpaired) electrons. The zero-order valence-corrected chi connectivity index (χ0v) is 25.2. The quantitative estimate of drug-likeness (QED) is 0.113. The number of hydrogen-bond donors (Lipinski definition) is 5. The highest BCUT2D eigenvalue weighted by Crippen LogP contribution is 2.24. The van der Waals surface area contributed by atoms with Crippen LogP contribution >= 0.6 is 0 Å². The molecule has 12 heteroatoms. The summed E-state index contributed by atoms with van der Waals surface area (Å²) in [5.74, 6) is -3.28. The van der Waals surface area contributed by atoms with Crippen LogP contribution < -0.4 is 22.5 Å². The number of rotatable bonds is 17. The molecule has 0 bridgehead atoms. The lowest BCUT2D eigenvalue weighted by atomic mass is 9.87. The Hall–Kier alpha value is -4.00. The molecule has 3 aromatic rings. The first kappa shape index (κ1) is 34.5. The highest BCUT2D eigenvalue weighted by Gasteiger charge is 2.34. The number of ether oxygens (including phenoxy) is 1. The fraction of sp³-hybridized carbons (Fsp3) is 0.469. The second-order valence-electron chi connectivity index (χ2n) is 11.7. The van der Waals surface area contributed by atoms with Crippen molar-refractivity contribution in [3.63, 3.8) is 0 Å². The van der Waals surface area contributed by atoms with E-state index in [1.54, 1.807) is 44.2 Å². The van der Waals surface area contributed by atoms with Gasteiger partial charge < -0.3 is 32.4 Å². The van der Waals surface area contributed by atoms with Crippen molar-refractivity contribution in [2.24, 2.45) is 23.1 Å². The van der Waals surface area contributed by atoms with Crippen LogP contribution in [0.3, 0.4) is 0 Å². The Balaban J connectivity index is 1.97. The summed E-state index contributed by atoms with van der Waals surface area (Å²) in [7, 11) is 0. The average Bonchev–Trinajstić information content (AvgIpc) is 2.97. The maximum absolute atomic E-state index is 14.2. The lowest BCUT2D eigenvalue weighted by molar-refractivity contribution is -0.154. The van der Waals surface area contributed by atoms with Crippen molar-refractivity contribution in [3.05, 3.63) is 71.8 Å². The van der Waals surface area contributed by atoms with Crippen LogP contribution in [0.25, 0.3) is 11.0 Å². The number of carbonyl (C=O) groups is 3. The summed E-state index contributed by atoms with van der Waals surface area (Å²) in [5.41, 5.74) is 18.0. The van der Waals surface area contributed by atoms with Gasteiger partial charge in [-0.3, -0.25) is 19.4 Å². The summed E-state index contributed by atoms with van der Waals surface area (Å²) < 4.78 is 20.1. The average molecular weight is 611 g/mol. The third kappa shape index (κ3) is 10.9. The number of esters is 1. The monoisotopic (exact) mass is 610 g/mol. The van der Waals surface area contributed by atoms with Crippen molar-refractivity contribution < 1.29 is 28.6 Å². The molecular formula is C32H43FN6O5. The van der Waals surface area contributed by atoms with Crippen LogP contribution in [-0.2, 0) is 20.7 Å². The first-order valence-corrected chi connectivity index (χ1v) is 14.8. The van der Waals surface area contributed by atoms with Gasteiger partial charge in [-0.05, 0) is 88.7 Å². The third-order valence-corrected chi connectivity index (χ3v) is 7.35. The second kappa shape index (κ2) is 16.2. The number of aliphatic hydroxyl groups is 1. The van der Waals surface area contributed by atoms with E-state index in [0.29, 0.717) is 42.4 Å². The maximum Gasteiger partial charge on any atom is 0.323 e. The van der Waals surface area contributed by atoms with Gasteiger partial charge in [-0.1, -0.05) is 30.7 Å². The van der Waals surface area contributed by atoms with E-state index in [1.165, 1.54) is 24.4 Å². The number of nitrogens with two attached hydrogens (primary N) is 3. The molecule has 0 aliphatic carbocycles. The number of benzene rings is 2. The molecule has 0 aliphatic heterocycles. The molecule has 1 heterocycles. The maximum atomic E-state index is 14.2. The van der Waals surface area contributed by atoms with Crippen LogP contribution in [0.2, 0.25) is 0 Å². The first-order valence-electron chi connectivity index (χ1n) is 14.8. The van der Waals surface area contributed by atoms with Crippen LogP contribution in [0.15, 0.2) is 54.7 Å². The van der Waals surface area contributed by atoms with E-state index >= 15 is 0 Å². The summed E-state index contributed by atoms with van der Waals surface area (Å²) in [4.78, 5) is 48.0. The lowest BCUT2D eigenvalue weighted by Gasteiger charge is -2.31. The Kier molecular flexibility index (Phi) is 12.7. The fourth-order valence-electron chi connectivity index (χ4n) is 4.84. The topological polar surface area (TPSA) is 197 Å². The zero-order chi connectivity index (χ0) is 32.3. The standard InChI is InChI=1S/C32H43FN6O5/c1-32(2,43)14-13-21(29(36)40)18-28(44-31(42)23(35)10-5-6-15-34)26(17-20-8-7-9-22(33)16-20)39-30(41)27-19-37-24-11-3-4-12-25(24)38-27/h3-4,7-9,11-12,16,19,21,23,26,28,43H,5-6,10,13-15,17-18,34-35H2,1-2H3,(H2,36,40)(H,39,41)/t21-,23+,26+,28+/m1/s1. The van der Waals surface area contributed by atoms with Gasteiger partial charge in [-0.2, -0.15) is 0 Å². The number of carbonyl (C=O) groups excluding carboxylic acids is 3. The molecule has 3 rings (SSSR count). The Morgan fingerprint density at radius 2 is 1.80 bits per heavy atom. The highest BCUT2D eigenvalue weighted by molar-refractivity contribution is 5.94. The minimum Gasteiger partial charge on any atom is -0.459 e. The molecule has 0 fully saturated rings. The summed E-state index contributed by atoms with van der Waals surface area (Å²) in [6.07, 6.45) is 2.27. The molecule has 11 nitrogen and oxygen atoms in total. The molecule has 2 amide bonds. The lowest BCUT2D eigenvalue weighted by Crippen LogP contribution is -2.50. The van der Waals surface area contributed by atoms with Gasteiger partial charge in [0.15, 0.2) is 0 Å². The summed E-state index contributed by atoms with van der Waals surface area (Å²) >= 11 is 0. The number of primary amides is 1. The van der Waals surface area contributed by atoms with Crippen molar-refractivity contribution in [1.29, 1.82) is 0 Å². The molecule has 0 saturated carbocycles. The number of hydrogen-bond acceptors (Lipinski definition) is 9. The van der Waals surface area contributed by atoms with Crippen LogP contribution in [0.5, 0.6) is 0 Å². The van der Waals surface area contributed by atoms with E-state index in [9.17, 15) is 23.9 Å². The van der Waals surface area contributed by atoms with Crippen molar-refractivity contribution in [3.8, 4) is 0 Å². The van der Waals surface area contributed by atoms with Gasteiger partial charge in [-0.25, -0.2) is 9.37 Å². The van der Waals surface area contributed by atoms with Crippen LogP contribution in [-0.4, -0.2) is 63.2 Å². The van der Waals surface area contributed by atoms with Gasteiger partial charge >= 0.3 is 5.97 Å². The molecule has 0 spiro atoms. The number of fused-ring (bicyclic) bond motifs is 1. The van der Waals surface area contributed by atoms with Crippen LogP contribution in [0.4, 0.5) is 4.39 Å². The van der Waals surface area contributed by atoms with E-state index < -0.39 is 53.3 Å². The molecule has 1 aromatic heterocycles. The van der Waals surface area contributed by atoms with Gasteiger partial charge in [0, 0.05) is 5.92 Å².